The maximum absolute atomic E-state index is 12.1. The summed E-state index contributed by atoms with van der Waals surface area (Å²) in [6, 6.07) is 19.1. The molecule has 1 heterocycles. The van der Waals surface area contributed by atoms with Crippen LogP contribution in [0.15, 0.2) is 71.3 Å². The van der Waals surface area contributed by atoms with E-state index in [-0.39, 0.29) is 12.5 Å². The molecule has 3 aromatic rings. The molecule has 0 saturated heterocycles. The van der Waals surface area contributed by atoms with Crippen LogP contribution in [0.1, 0.15) is 24.3 Å². The van der Waals surface area contributed by atoms with Gasteiger partial charge < -0.3 is 14.8 Å². The number of nitrogens with one attached hydrogen (secondary N) is 1. The SMILES string of the molecule is O=C(CCCc1ncc(-c2ccccc2)o1)NCC(Cc1ccccc1)C(=O)O. The highest BCUT2D eigenvalue weighted by molar-refractivity contribution is 5.77. The first-order valence-electron chi connectivity index (χ1n) is 9.65. The predicted molar refractivity (Wildman–Crippen MR) is 109 cm³/mol. The highest BCUT2D eigenvalue weighted by Gasteiger charge is 2.19. The molecule has 0 fully saturated rings. The number of carboxylic acid groups (broad SMARTS) is 1. The average molecular weight is 392 g/mol. The van der Waals surface area contributed by atoms with Crippen LogP contribution in [0.2, 0.25) is 0 Å². The zero-order chi connectivity index (χ0) is 20.5. The van der Waals surface area contributed by atoms with E-state index in [2.05, 4.69) is 10.3 Å². The van der Waals surface area contributed by atoms with Crippen LogP contribution >= 0.6 is 0 Å². The van der Waals surface area contributed by atoms with Crippen LogP contribution in [0, 0.1) is 5.92 Å². The Morgan fingerprint density at radius 3 is 2.41 bits per heavy atom. The normalized spacial score (nSPS) is 11.7. The van der Waals surface area contributed by atoms with Gasteiger partial charge in [0.2, 0.25) is 5.91 Å². The predicted octanol–water partition coefficient (Wildman–Crippen LogP) is 3.72. The van der Waals surface area contributed by atoms with E-state index in [1.807, 2.05) is 60.7 Å². The van der Waals surface area contributed by atoms with Crippen LogP contribution in [-0.2, 0) is 22.4 Å². The zero-order valence-corrected chi connectivity index (χ0v) is 16.1. The van der Waals surface area contributed by atoms with Crippen molar-refractivity contribution >= 4 is 11.9 Å². The van der Waals surface area contributed by atoms with Crippen molar-refractivity contribution in [1.29, 1.82) is 0 Å². The van der Waals surface area contributed by atoms with Crippen LogP contribution in [0.4, 0.5) is 0 Å². The molecule has 0 aliphatic rings. The zero-order valence-electron chi connectivity index (χ0n) is 16.1. The van der Waals surface area contributed by atoms with Crippen molar-refractivity contribution < 1.29 is 19.1 Å². The minimum Gasteiger partial charge on any atom is -0.481 e. The lowest BCUT2D eigenvalue weighted by atomic mass is 9.99. The minimum atomic E-state index is -0.914. The lowest BCUT2D eigenvalue weighted by Gasteiger charge is -2.13. The lowest BCUT2D eigenvalue weighted by Crippen LogP contribution is -2.34. The molecule has 29 heavy (non-hydrogen) atoms. The lowest BCUT2D eigenvalue weighted by molar-refractivity contribution is -0.141. The van der Waals surface area contributed by atoms with Crippen molar-refractivity contribution in [1.82, 2.24) is 10.3 Å². The summed E-state index contributed by atoms with van der Waals surface area (Å²) >= 11 is 0. The molecule has 3 rings (SSSR count). The van der Waals surface area contributed by atoms with Gasteiger partial charge in [0.1, 0.15) is 0 Å². The standard InChI is InChI=1S/C23H24N2O4/c26-21(24-15-19(23(27)28)14-17-8-3-1-4-9-17)12-7-13-22-25-16-20(29-22)18-10-5-2-6-11-18/h1-6,8-11,16,19H,7,12-15H2,(H,24,26)(H,27,28). The molecule has 0 spiro atoms. The number of aromatic nitrogens is 1. The number of aliphatic carboxylic acids is 1. The van der Waals surface area contributed by atoms with E-state index in [0.29, 0.717) is 37.3 Å². The number of hydrogen-bond acceptors (Lipinski definition) is 4. The molecule has 1 aromatic heterocycles. The van der Waals surface area contributed by atoms with E-state index < -0.39 is 11.9 Å². The van der Waals surface area contributed by atoms with Crippen molar-refractivity contribution in [2.24, 2.45) is 5.92 Å². The first-order chi connectivity index (χ1) is 14.1. The fourth-order valence-electron chi connectivity index (χ4n) is 3.03. The summed E-state index contributed by atoms with van der Waals surface area (Å²) in [7, 11) is 0. The number of rotatable bonds is 10. The topological polar surface area (TPSA) is 92.4 Å². The monoisotopic (exact) mass is 392 g/mol. The second-order valence-electron chi connectivity index (χ2n) is 6.87. The summed E-state index contributed by atoms with van der Waals surface area (Å²) < 4.78 is 5.73. The van der Waals surface area contributed by atoms with E-state index in [4.69, 9.17) is 4.42 Å². The Kier molecular flexibility index (Phi) is 7.16. The van der Waals surface area contributed by atoms with E-state index >= 15 is 0 Å². The number of benzene rings is 2. The number of nitrogens with zero attached hydrogens (tertiary/aromatic N) is 1. The summed E-state index contributed by atoms with van der Waals surface area (Å²) in [5.41, 5.74) is 1.90. The fourth-order valence-corrected chi connectivity index (χ4v) is 3.03. The van der Waals surface area contributed by atoms with Gasteiger partial charge in [-0.15, -0.1) is 0 Å². The quantitative estimate of drug-likeness (QED) is 0.548. The molecule has 0 saturated carbocycles. The Hall–Kier alpha value is -3.41. The number of carboxylic acids is 1. The summed E-state index contributed by atoms with van der Waals surface area (Å²) in [6.45, 7) is 0.111. The summed E-state index contributed by atoms with van der Waals surface area (Å²) in [5.74, 6) is -0.442. The second-order valence-corrected chi connectivity index (χ2v) is 6.87. The third kappa shape index (κ3) is 6.31. The van der Waals surface area contributed by atoms with Crippen LogP contribution in [0.5, 0.6) is 0 Å². The van der Waals surface area contributed by atoms with E-state index in [0.717, 1.165) is 11.1 Å². The van der Waals surface area contributed by atoms with Crippen LogP contribution in [-0.4, -0.2) is 28.5 Å². The van der Waals surface area contributed by atoms with Gasteiger partial charge in [-0.05, 0) is 18.4 Å². The number of carbonyl (C=O) groups excluding carboxylic acids is 1. The molecule has 6 nitrogen and oxygen atoms in total. The first-order valence-corrected chi connectivity index (χ1v) is 9.65. The largest absolute Gasteiger partial charge is 0.481 e. The molecule has 0 aliphatic carbocycles. The van der Waals surface area contributed by atoms with Gasteiger partial charge >= 0.3 is 5.97 Å². The average Bonchev–Trinajstić information content (AvgIpc) is 3.21. The van der Waals surface area contributed by atoms with Gasteiger partial charge in [-0.1, -0.05) is 60.7 Å². The Morgan fingerprint density at radius 2 is 1.72 bits per heavy atom. The van der Waals surface area contributed by atoms with Gasteiger partial charge in [-0.3, -0.25) is 9.59 Å². The van der Waals surface area contributed by atoms with Gasteiger partial charge in [0.15, 0.2) is 11.7 Å². The summed E-state index contributed by atoms with van der Waals surface area (Å²) in [4.78, 5) is 27.8. The summed E-state index contributed by atoms with van der Waals surface area (Å²) in [5, 5.41) is 12.1. The van der Waals surface area contributed by atoms with E-state index in [9.17, 15) is 14.7 Å². The van der Waals surface area contributed by atoms with Crippen molar-refractivity contribution in [3.8, 4) is 11.3 Å². The van der Waals surface area contributed by atoms with Gasteiger partial charge in [-0.2, -0.15) is 0 Å². The molecule has 2 N–H and O–H groups in total. The van der Waals surface area contributed by atoms with Crippen LogP contribution in [0.3, 0.4) is 0 Å². The number of amides is 1. The Labute approximate surface area is 169 Å². The van der Waals surface area contributed by atoms with Crippen molar-refractivity contribution in [3.05, 3.63) is 78.3 Å². The number of hydrogen-bond donors (Lipinski definition) is 2. The minimum absolute atomic E-state index is 0.111. The molecular weight excluding hydrogens is 368 g/mol. The first kappa shape index (κ1) is 20.3. The maximum Gasteiger partial charge on any atom is 0.308 e. The van der Waals surface area contributed by atoms with Crippen molar-refractivity contribution in [2.45, 2.75) is 25.7 Å². The molecule has 1 unspecified atom stereocenters. The second kappa shape index (κ2) is 10.2. The molecule has 0 aliphatic heterocycles. The highest BCUT2D eigenvalue weighted by Crippen LogP contribution is 2.20. The summed E-state index contributed by atoms with van der Waals surface area (Å²) in [6.07, 6.45) is 3.49. The molecule has 0 radical (unpaired) electrons. The van der Waals surface area contributed by atoms with Crippen LogP contribution in [0.25, 0.3) is 11.3 Å². The molecule has 0 bridgehead atoms. The van der Waals surface area contributed by atoms with E-state index in [1.165, 1.54) is 0 Å². The Morgan fingerprint density at radius 1 is 1.03 bits per heavy atom. The molecular formula is C23H24N2O4. The van der Waals surface area contributed by atoms with Crippen molar-refractivity contribution in [3.63, 3.8) is 0 Å². The maximum atomic E-state index is 12.1. The number of aryl methyl sites for hydroxylation is 1. The Bertz CT molecular complexity index is 922. The smallest absolute Gasteiger partial charge is 0.308 e. The number of oxazole rings is 1. The van der Waals surface area contributed by atoms with Gasteiger partial charge in [0.25, 0.3) is 0 Å². The molecule has 2 aromatic carbocycles. The third-order valence-electron chi connectivity index (χ3n) is 4.63. The van der Waals surface area contributed by atoms with Gasteiger partial charge in [-0.25, -0.2) is 4.98 Å². The molecule has 1 amide bonds. The third-order valence-corrected chi connectivity index (χ3v) is 4.63. The van der Waals surface area contributed by atoms with E-state index in [1.54, 1.807) is 6.20 Å². The Balaban J connectivity index is 1.41. The molecule has 150 valence electrons. The van der Waals surface area contributed by atoms with Crippen LogP contribution < -0.4 is 5.32 Å². The number of carbonyl (C=O) groups is 2. The van der Waals surface area contributed by atoms with Gasteiger partial charge in [0.05, 0.1) is 12.1 Å². The fraction of sp³-hybridized carbons (Fsp3) is 0.261. The highest BCUT2D eigenvalue weighted by atomic mass is 16.4. The molecule has 6 heteroatoms. The molecule has 1 atom stereocenters. The van der Waals surface area contributed by atoms with Crippen molar-refractivity contribution in [2.75, 3.05) is 6.54 Å². The van der Waals surface area contributed by atoms with Gasteiger partial charge in [0, 0.05) is 24.9 Å².